The molecule has 1 unspecified atom stereocenters. The van der Waals surface area contributed by atoms with Crippen molar-refractivity contribution in [3.05, 3.63) is 12.3 Å². The molecule has 1 aliphatic heterocycles. The van der Waals surface area contributed by atoms with Gasteiger partial charge in [0.25, 0.3) is 0 Å². The van der Waals surface area contributed by atoms with Crippen LogP contribution in [0.15, 0.2) is 12.3 Å². The minimum atomic E-state index is -0.357. The molecule has 1 aromatic rings. The number of carbonyl (C=O) groups is 1. The largest absolute Gasteiger partial charge is 0.397 e. The van der Waals surface area contributed by atoms with Gasteiger partial charge in [-0.15, -0.1) is 0 Å². The first-order valence-corrected chi connectivity index (χ1v) is 4.67. The lowest BCUT2D eigenvalue weighted by atomic mass is 10.0. The first kappa shape index (κ1) is 9.57. The highest BCUT2D eigenvalue weighted by molar-refractivity contribution is 5.88. The highest BCUT2D eigenvalue weighted by Crippen LogP contribution is 2.31. The number of hydrogen-bond acceptors (Lipinski definition) is 5. The Morgan fingerprint density at radius 3 is 2.80 bits per heavy atom. The number of nitrogen functional groups attached to an aromatic ring is 2. The van der Waals surface area contributed by atoms with Crippen molar-refractivity contribution < 1.29 is 4.79 Å². The molecular formula is C9H13N5O. The fraction of sp³-hybridized carbons (Fsp3) is 0.333. The van der Waals surface area contributed by atoms with Gasteiger partial charge in [-0.05, 0) is 12.5 Å². The van der Waals surface area contributed by atoms with Crippen LogP contribution >= 0.6 is 0 Å². The van der Waals surface area contributed by atoms with Crippen molar-refractivity contribution in [1.29, 1.82) is 0 Å². The Morgan fingerprint density at radius 1 is 1.53 bits per heavy atom. The van der Waals surface area contributed by atoms with E-state index in [-0.39, 0.29) is 11.9 Å². The predicted octanol–water partition coefficient (Wildman–Crippen LogP) is -0.690. The van der Waals surface area contributed by atoms with E-state index in [0.29, 0.717) is 17.2 Å². The summed E-state index contributed by atoms with van der Waals surface area (Å²) >= 11 is 0. The molecule has 1 amide bonds. The number of nitrogens with zero attached hydrogens (tertiary/aromatic N) is 2. The van der Waals surface area contributed by atoms with Gasteiger partial charge < -0.3 is 22.1 Å². The van der Waals surface area contributed by atoms with Gasteiger partial charge in [0.2, 0.25) is 5.91 Å². The van der Waals surface area contributed by atoms with Gasteiger partial charge in [-0.2, -0.15) is 0 Å². The van der Waals surface area contributed by atoms with Crippen molar-refractivity contribution in [3.8, 4) is 0 Å². The number of anilines is 3. The van der Waals surface area contributed by atoms with E-state index >= 15 is 0 Å². The van der Waals surface area contributed by atoms with Crippen molar-refractivity contribution >= 4 is 23.1 Å². The molecule has 15 heavy (non-hydrogen) atoms. The summed E-state index contributed by atoms with van der Waals surface area (Å²) in [5.41, 5.74) is 17.5. The maximum absolute atomic E-state index is 11.0. The number of nitrogens with two attached hydrogens (primary N) is 3. The van der Waals surface area contributed by atoms with Crippen LogP contribution in [0.4, 0.5) is 17.2 Å². The molecule has 1 fully saturated rings. The molecule has 2 heterocycles. The SMILES string of the molecule is NC(=O)C1CCN1c1nccc(N)c1N. The molecule has 6 heteroatoms. The summed E-state index contributed by atoms with van der Waals surface area (Å²) in [6.45, 7) is 0.730. The highest BCUT2D eigenvalue weighted by Gasteiger charge is 2.34. The first-order chi connectivity index (χ1) is 7.11. The fourth-order valence-corrected chi connectivity index (χ4v) is 1.64. The molecule has 6 N–H and O–H groups in total. The molecule has 6 nitrogen and oxygen atoms in total. The predicted molar refractivity (Wildman–Crippen MR) is 58.0 cm³/mol. The zero-order chi connectivity index (χ0) is 11.0. The molecule has 80 valence electrons. The lowest BCUT2D eigenvalue weighted by Crippen LogP contribution is -2.55. The minimum absolute atomic E-state index is 0.304. The first-order valence-electron chi connectivity index (χ1n) is 4.67. The summed E-state index contributed by atoms with van der Waals surface area (Å²) in [5.74, 6) is 0.190. The number of hydrogen-bond donors (Lipinski definition) is 3. The molecular weight excluding hydrogens is 194 g/mol. The number of aromatic nitrogens is 1. The van der Waals surface area contributed by atoms with Gasteiger partial charge in [-0.1, -0.05) is 0 Å². The monoisotopic (exact) mass is 207 g/mol. The number of pyridine rings is 1. The topological polar surface area (TPSA) is 111 Å². The van der Waals surface area contributed by atoms with Crippen molar-refractivity contribution in [2.75, 3.05) is 22.9 Å². The van der Waals surface area contributed by atoms with E-state index in [1.807, 2.05) is 0 Å². The van der Waals surface area contributed by atoms with Crippen molar-refractivity contribution in [2.24, 2.45) is 5.73 Å². The van der Waals surface area contributed by atoms with Crippen LogP contribution in [0.25, 0.3) is 0 Å². The second-order valence-electron chi connectivity index (χ2n) is 3.54. The molecule has 0 radical (unpaired) electrons. The maximum atomic E-state index is 11.0. The molecule has 0 bridgehead atoms. The third-order valence-corrected chi connectivity index (χ3v) is 2.62. The Kier molecular flexibility index (Phi) is 2.11. The standard InChI is InChI=1S/C9H13N5O/c10-5-1-3-13-9(7(5)11)14-4-2-6(14)8(12)15/h1,3,6H,2,4,11H2,(H2,10,13)(H2,12,15). The van der Waals surface area contributed by atoms with E-state index in [1.165, 1.54) is 0 Å². The van der Waals surface area contributed by atoms with Crippen molar-refractivity contribution in [1.82, 2.24) is 4.98 Å². The van der Waals surface area contributed by atoms with E-state index in [1.54, 1.807) is 17.2 Å². The summed E-state index contributed by atoms with van der Waals surface area (Å²) in [6.07, 6.45) is 2.31. The van der Waals surface area contributed by atoms with E-state index in [4.69, 9.17) is 17.2 Å². The third kappa shape index (κ3) is 1.43. The van der Waals surface area contributed by atoms with Crippen molar-refractivity contribution in [3.63, 3.8) is 0 Å². The van der Waals surface area contributed by atoms with Gasteiger partial charge in [0, 0.05) is 12.7 Å². The molecule has 1 atom stereocenters. The molecule has 0 aliphatic carbocycles. The quantitative estimate of drug-likeness (QED) is 0.594. The highest BCUT2D eigenvalue weighted by atomic mass is 16.1. The Morgan fingerprint density at radius 2 is 2.27 bits per heavy atom. The van der Waals surface area contributed by atoms with E-state index < -0.39 is 0 Å². The van der Waals surface area contributed by atoms with Crippen LogP contribution in [0.3, 0.4) is 0 Å². The Balaban J connectivity index is 2.31. The lowest BCUT2D eigenvalue weighted by Gasteiger charge is -2.40. The number of carbonyl (C=O) groups excluding carboxylic acids is 1. The molecule has 1 aromatic heterocycles. The summed E-state index contributed by atoms with van der Waals surface area (Å²) in [5, 5.41) is 0. The zero-order valence-electron chi connectivity index (χ0n) is 8.18. The van der Waals surface area contributed by atoms with Crippen LogP contribution in [0.2, 0.25) is 0 Å². The summed E-state index contributed by atoms with van der Waals surface area (Å²) in [4.78, 5) is 16.9. The Hall–Kier alpha value is -1.98. The summed E-state index contributed by atoms with van der Waals surface area (Å²) in [7, 11) is 0. The molecule has 0 aromatic carbocycles. The minimum Gasteiger partial charge on any atom is -0.397 e. The van der Waals surface area contributed by atoms with Gasteiger partial charge in [0.1, 0.15) is 6.04 Å². The Bertz CT molecular complexity index is 405. The summed E-state index contributed by atoms with van der Waals surface area (Å²) in [6, 6.07) is 1.32. The van der Waals surface area contributed by atoms with Crippen LogP contribution in [0, 0.1) is 0 Å². The fourth-order valence-electron chi connectivity index (χ4n) is 1.64. The number of amides is 1. The molecule has 1 saturated heterocycles. The molecule has 0 saturated carbocycles. The summed E-state index contributed by atoms with van der Waals surface area (Å²) < 4.78 is 0. The van der Waals surface area contributed by atoms with Crippen LogP contribution in [-0.2, 0) is 4.79 Å². The Labute approximate surface area is 87.0 Å². The van der Waals surface area contributed by atoms with Gasteiger partial charge in [-0.3, -0.25) is 4.79 Å². The lowest BCUT2D eigenvalue weighted by molar-refractivity contribution is -0.120. The van der Waals surface area contributed by atoms with E-state index in [0.717, 1.165) is 13.0 Å². The van der Waals surface area contributed by atoms with Crippen LogP contribution in [0.5, 0.6) is 0 Å². The van der Waals surface area contributed by atoms with Gasteiger partial charge in [0.05, 0.1) is 11.4 Å². The average molecular weight is 207 g/mol. The van der Waals surface area contributed by atoms with E-state index in [2.05, 4.69) is 4.98 Å². The second-order valence-corrected chi connectivity index (χ2v) is 3.54. The van der Waals surface area contributed by atoms with Gasteiger partial charge in [-0.25, -0.2) is 4.98 Å². The van der Waals surface area contributed by atoms with Crippen LogP contribution < -0.4 is 22.1 Å². The molecule has 0 spiro atoms. The smallest absolute Gasteiger partial charge is 0.240 e. The average Bonchev–Trinajstić information content (AvgIpc) is 2.10. The van der Waals surface area contributed by atoms with Gasteiger partial charge in [0.15, 0.2) is 5.82 Å². The number of rotatable bonds is 2. The van der Waals surface area contributed by atoms with E-state index in [9.17, 15) is 4.79 Å². The molecule has 1 aliphatic rings. The van der Waals surface area contributed by atoms with Crippen molar-refractivity contribution in [2.45, 2.75) is 12.5 Å². The number of primary amides is 1. The van der Waals surface area contributed by atoms with Gasteiger partial charge >= 0.3 is 0 Å². The molecule has 2 rings (SSSR count). The van der Waals surface area contributed by atoms with Crippen LogP contribution in [-0.4, -0.2) is 23.5 Å². The second kappa shape index (κ2) is 3.30. The normalized spacial score (nSPS) is 19.7. The maximum Gasteiger partial charge on any atom is 0.240 e. The van der Waals surface area contributed by atoms with Crippen LogP contribution in [0.1, 0.15) is 6.42 Å². The third-order valence-electron chi connectivity index (χ3n) is 2.62. The zero-order valence-corrected chi connectivity index (χ0v) is 8.18.